The third kappa shape index (κ3) is 4.90. The maximum absolute atomic E-state index is 13.3. The van der Waals surface area contributed by atoms with Gasteiger partial charge in [-0.25, -0.2) is 4.39 Å². The Hall–Kier alpha value is -3.55. The molecule has 1 amide bonds. The topological polar surface area (TPSA) is 76.1 Å². The van der Waals surface area contributed by atoms with Gasteiger partial charge >= 0.3 is 0 Å². The van der Waals surface area contributed by atoms with Crippen molar-refractivity contribution < 1.29 is 28.6 Å². The monoisotopic (exact) mass is 529 g/mol. The van der Waals surface area contributed by atoms with Crippen LogP contribution in [0.25, 0.3) is 5.76 Å². The van der Waals surface area contributed by atoms with E-state index < -0.39 is 23.5 Å². The van der Waals surface area contributed by atoms with Gasteiger partial charge in [0.25, 0.3) is 11.7 Å². The summed E-state index contributed by atoms with van der Waals surface area (Å²) < 4.78 is 24.0. The van der Waals surface area contributed by atoms with Crippen LogP contribution in [0.3, 0.4) is 0 Å². The molecule has 1 aliphatic heterocycles. The van der Waals surface area contributed by atoms with Gasteiger partial charge in [0.1, 0.15) is 23.1 Å². The smallest absolute Gasteiger partial charge is 0.295 e. The summed E-state index contributed by atoms with van der Waals surface area (Å²) in [5.41, 5.74) is 1.41. The molecule has 0 bridgehead atoms. The first kappa shape index (κ1) is 25.5. The Kier molecular flexibility index (Phi) is 7.52. The average Bonchev–Trinajstić information content (AvgIpc) is 3.13. The fourth-order valence-electron chi connectivity index (χ4n) is 4.19. The van der Waals surface area contributed by atoms with E-state index in [-0.39, 0.29) is 40.0 Å². The fourth-order valence-corrected chi connectivity index (χ4v) is 4.55. The van der Waals surface area contributed by atoms with Crippen molar-refractivity contribution in [1.29, 1.82) is 0 Å². The van der Waals surface area contributed by atoms with E-state index in [9.17, 15) is 19.1 Å². The zero-order valence-electron chi connectivity index (χ0n) is 19.4. The molecule has 6 nitrogen and oxygen atoms in total. The number of methoxy groups -OCH3 is 2. The van der Waals surface area contributed by atoms with Gasteiger partial charge in [0.2, 0.25) is 0 Å². The van der Waals surface area contributed by atoms with Crippen LogP contribution in [0.4, 0.5) is 4.39 Å². The number of nitrogens with zero attached hydrogens (tertiary/aromatic N) is 1. The molecule has 3 aromatic carbocycles. The van der Waals surface area contributed by atoms with Gasteiger partial charge in [0.15, 0.2) is 0 Å². The Bertz CT molecular complexity index is 1340. The van der Waals surface area contributed by atoms with E-state index in [4.69, 9.17) is 32.7 Å². The molecule has 1 saturated heterocycles. The lowest BCUT2D eigenvalue weighted by atomic mass is 9.94. The summed E-state index contributed by atoms with van der Waals surface area (Å²) in [4.78, 5) is 27.8. The van der Waals surface area contributed by atoms with Gasteiger partial charge in [-0.2, -0.15) is 0 Å². The Balaban J connectivity index is 1.84. The number of hydrogen-bond donors (Lipinski definition) is 1. The summed E-state index contributed by atoms with van der Waals surface area (Å²) in [5, 5.41) is 12.1. The molecule has 0 aromatic heterocycles. The van der Waals surface area contributed by atoms with E-state index in [0.29, 0.717) is 17.0 Å². The molecule has 3 aromatic rings. The van der Waals surface area contributed by atoms with E-state index in [1.165, 1.54) is 43.4 Å². The highest BCUT2D eigenvalue weighted by Gasteiger charge is 2.46. The van der Waals surface area contributed by atoms with Crippen LogP contribution in [0.5, 0.6) is 11.5 Å². The van der Waals surface area contributed by atoms with Crippen molar-refractivity contribution in [1.82, 2.24) is 4.90 Å². The minimum Gasteiger partial charge on any atom is -0.507 e. The Labute approximate surface area is 217 Å². The van der Waals surface area contributed by atoms with Gasteiger partial charge in [0, 0.05) is 17.6 Å². The Morgan fingerprint density at radius 2 is 1.61 bits per heavy atom. The molecular weight excluding hydrogens is 508 g/mol. The number of halogens is 3. The van der Waals surface area contributed by atoms with Crippen molar-refractivity contribution in [3.63, 3.8) is 0 Å². The summed E-state index contributed by atoms with van der Waals surface area (Å²) in [7, 11) is 2.81. The van der Waals surface area contributed by atoms with Crippen LogP contribution in [0, 0.1) is 5.82 Å². The van der Waals surface area contributed by atoms with Gasteiger partial charge in [-0.1, -0.05) is 47.5 Å². The van der Waals surface area contributed by atoms with Crippen molar-refractivity contribution >= 4 is 40.7 Å². The number of ether oxygens (including phenoxy) is 2. The van der Waals surface area contributed by atoms with Crippen LogP contribution in [0.1, 0.15) is 22.7 Å². The minimum absolute atomic E-state index is 0.107. The molecule has 1 unspecified atom stereocenters. The quantitative estimate of drug-likeness (QED) is 0.237. The van der Waals surface area contributed by atoms with Gasteiger partial charge in [-0.05, 0) is 47.9 Å². The predicted molar refractivity (Wildman–Crippen MR) is 135 cm³/mol. The van der Waals surface area contributed by atoms with Crippen molar-refractivity contribution in [3.8, 4) is 11.5 Å². The zero-order chi connectivity index (χ0) is 26.0. The number of hydrogen-bond acceptors (Lipinski definition) is 5. The number of ketones is 1. The lowest BCUT2D eigenvalue weighted by Crippen LogP contribution is -2.31. The number of Topliss-reactive ketones (excluding diaryl/α,β-unsaturated/α-hetero) is 1. The molecule has 1 atom stereocenters. The van der Waals surface area contributed by atoms with Gasteiger partial charge in [-0.3, -0.25) is 9.59 Å². The number of likely N-dealkylation sites (tertiary alicyclic amines) is 1. The van der Waals surface area contributed by atoms with E-state index in [1.54, 1.807) is 36.4 Å². The number of carbonyl (C=O) groups excluding carboxylic acids is 2. The molecule has 186 valence electrons. The number of amides is 1. The average molecular weight is 530 g/mol. The summed E-state index contributed by atoms with van der Waals surface area (Å²) >= 11 is 12.3. The number of aliphatic hydroxyl groups is 1. The first-order valence-corrected chi connectivity index (χ1v) is 11.7. The maximum atomic E-state index is 13.3. The van der Waals surface area contributed by atoms with Gasteiger partial charge in [-0.15, -0.1) is 0 Å². The third-order valence-corrected chi connectivity index (χ3v) is 6.56. The zero-order valence-corrected chi connectivity index (χ0v) is 20.9. The predicted octanol–water partition coefficient (Wildman–Crippen LogP) is 5.81. The first-order valence-electron chi connectivity index (χ1n) is 10.9. The summed E-state index contributed by atoms with van der Waals surface area (Å²) in [6.07, 6.45) is 0.371. The van der Waals surface area contributed by atoms with Crippen LogP contribution in [0.15, 0.2) is 66.2 Å². The van der Waals surface area contributed by atoms with E-state index in [1.807, 2.05) is 0 Å². The van der Waals surface area contributed by atoms with Crippen molar-refractivity contribution in [2.75, 3.05) is 20.8 Å². The minimum atomic E-state index is -0.894. The first-order chi connectivity index (χ1) is 17.2. The summed E-state index contributed by atoms with van der Waals surface area (Å²) in [6, 6.07) is 14.6. The lowest BCUT2D eigenvalue weighted by Gasteiger charge is -2.25. The highest BCUT2D eigenvalue weighted by Crippen LogP contribution is 2.43. The second-order valence-corrected chi connectivity index (χ2v) is 8.95. The molecule has 0 radical (unpaired) electrons. The number of rotatable bonds is 7. The van der Waals surface area contributed by atoms with Crippen molar-refractivity contribution in [2.45, 2.75) is 12.5 Å². The lowest BCUT2D eigenvalue weighted by molar-refractivity contribution is -0.139. The molecule has 1 heterocycles. The molecule has 9 heteroatoms. The fraction of sp³-hybridized carbons (Fsp3) is 0.185. The normalized spacial score (nSPS) is 16.9. The molecule has 1 fully saturated rings. The van der Waals surface area contributed by atoms with Crippen molar-refractivity contribution in [3.05, 3.63) is 98.8 Å². The largest absolute Gasteiger partial charge is 0.507 e. The second-order valence-electron chi connectivity index (χ2n) is 8.11. The summed E-state index contributed by atoms with van der Waals surface area (Å²) in [5.74, 6) is -1.95. The standard InChI is InChI=1S/C27H22Cl2FNO5/c1-35-21-14-20(29)22(36-2)13-19(21)25(32)23-24(16-5-7-17(28)8-6-16)31(27(34)26(23)33)12-11-15-3-9-18(30)10-4-15/h3-10,13-14,24,32H,11-12H2,1-2H3/b25-23+. The molecular formula is C27H22Cl2FNO5. The third-order valence-electron chi connectivity index (χ3n) is 6.01. The number of aliphatic hydroxyl groups excluding tert-OH is 1. The van der Waals surface area contributed by atoms with Crippen LogP contribution < -0.4 is 9.47 Å². The Morgan fingerprint density at radius 3 is 2.22 bits per heavy atom. The van der Waals surface area contributed by atoms with E-state index >= 15 is 0 Å². The molecule has 1 aliphatic rings. The maximum Gasteiger partial charge on any atom is 0.295 e. The van der Waals surface area contributed by atoms with Crippen LogP contribution in [-0.2, 0) is 16.0 Å². The van der Waals surface area contributed by atoms with Gasteiger partial charge in [0.05, 0.1) is 36.4 Å². The molecule has 4 rings (SSSR count). The van der Waals surface area contributed by atoms with E-state index in [2.05, 4.69) is 0 Å². The second kappa shape index (κ2) is 10.6. The molecule has 0 spiro atoms. The van der Waals surface area contributed by atoms with Crippen molar-refractivity contribution in [2.24, 2.45) is 0 Å². The SMILES string of the molecule is COc1cc(/C(O)=C2\C(=O)C(=O)N(CCc3ccc(F)cc3)C2c2ccc(Cl)cc2)c(OC)cc1Cl. The Morgan fingerprint density at radius 1 is 0.972 bits per heavy atom. The molecule has 36 heavy (non-hydrogen) atoms. The van der Waals surface area contributed by atoms with E-state index in [0.717, 1.165) is 5.56 Å². The summed E-state index contributed by atoms with van der Waals surface area (Å²) in [6.45, 7) is 0.154. The highest BCUT2D eigenvalue weighted by molar-refractivity contribution is 6.46. The van der Waals surface area contributed by atoms with Crippen LogP contribution >= 0.6 is 23.2 Å². The molecule has 0 aliphatic carbocycles. The molecule has 0 saturated carbocycles. The molecule has 1 N–H and O–H groups in total. The van der Waals surface area contributed by atoms with Crippen LogP contribution in [0.2, 0.25) is 10.0 Å². The number of carbonyl (C=O) groups is 2. The highest BCUT2D eigenvalue weighted by atomic mass is 35.5. The van der Waals surface area contributed by atoms with Crippen LogP contribution in [-0.4, -0.2) is 42.5 Å². The number of benzene rings is 3. The van der Waals surface area contributed by atoms with Gasteiger partial charge < -0.3 is 19.5 Å².